The van der Waals surface area contributed by atoms with Crippen molar-refractivity contribution in [2.24, 2.45) is 5.92 Å². The fourth-order valence-corrected chi connectivity index (χ4v) is 1.53. The van der Waals surface area contributed by atoms with Gasteiger partial charge in [0.1, 0.15) is 11.5 Å². The third-order valence-electron chi connectivity index (χ3n) is 2.29. The highest BCUT2D eigenvalue weighted by Crippen LogP contribution is 2.34. The number of alkyl halides is 2. The van der Waals surface area contributed by atoms with Gasteiger partial charge in [-0.05, 0) is 33.7 Å². The molecule has 1 heterocycles. The maximum Gasteiger partial charge on any atom is 0.315 e. The van der Waals surface area contributed by atoms with E-state index in [0.29, 0.717) is 0 Å². The van der Waals surface area contributed by atoms with Crippen LogP contribution in [0.25, 0.3) is 0 Å². The molecule has 0 saturated carbocycles. The molecule has 1 rings (SSSR count). The van der Waals surface area contributed by atoms with Gasteiger partial charge in [-0.2, -0.15) is 0 Å². The molecule has 0 radical (unpaired) electrons. The lowest BCUT2D eigenvalue weighted by Gasteiger charge is -2.35. The van der Waals surface area contributed by atoms with Gasteiger partial charge in [0, 0.05) is 0 Å². The van der Waals surface area contributed by atoms with Crippen LogP contribution in [-0.4, -0.2) is 35.4 Å². The summed E-state index contributed by atoms with van der Waals surface area (Å²) in [5.41, 5.74) is -0.803. The van der Waals surface area contributed by atoms with Gasteiger partial charge < -0.3 is 9.84 Å². The number of aliphatic hydroxyl groups is 1. The number of aliphatic hydroxyl groups excluding tert-OH is 1. The first kappa shape index (κ1) is 13.3. The van der Waals surface area contributed by atoms with Crippen molar-refractivity contribution in [3.05, 3.63) is 0 Å². The topological polar surface area (TPSA) is 58.6 Å². The Hall–Kier alpha value is -0.750. The molecular weight excluding hydrogens is 220 g/mol. The number of carbonyl (C=O) groups excluding carboxylic acids is 1. The molecule has 0 spiro atoms. The standard InChI is InChI=1S/C10H17F2NO3/c1-9(2,3)16-7(14)6-4-5-13-8(15)10(6,11)12/h6,8,13,15H,4-5H2,1-3H3. The first-order valence-corrected chi connectivity index (χ1v) is 5.17. The zero-order valence-corrected chi connectivity index (χ0v) is 9.59. The maximum atomic E-state index is 13.5. The molecule has 1 aliphatic heterocycles. The van der Waals surface area contributed by atoms with Crippen molar-refractivity contribution in [2.45, 2.75) is 44.9 Å². The molecule has 2 atom stereocenters. The molecule has 0 bridgehead atoms. The summed E-state index contributed by atoms with van der Waals surface area (Å²) in [4.78, 5) is 11.5. The molecule has 16 heavy (non-hydrogen) atoms. The van der Waals surface area contributed by atoms with Crippen LogP contribution in [0.2, 0.25) is 0 Å². The fraction of sp³-hybridized carbons (Fsp3) is 0.900. The Morgan fingerprint density at radius 2 is 2.06 bits per heavy atom. The predicted molar refractivity (Wildman–Crippen MR) is 52.9 cm³/mol. The Morgan fingerprint density at radius 1 is 1.50 bits per heavy atom. The first-order chi connectivity index (χ1) is 7.14. The normalized spacial score (nSPS) is 29.9. The summed E-state index contributed by atoms with van der Waals surface area (Å²) in [6.45, 7) is 5.00. The molecule has 6 heteroatoms. The Balaban J connectivity index is 2.75. The van der Waals surface area contributed by atoms with E-state index in [1.807, 2.05) is 0 Å². The monoisotopic (exact) mass is 237 g/mol. The molecule has 0 aromatic carbocycles. The molecule has 1 aliphatic rings. The number of ether oxygens (including phenoxy) is 1. The van der Waals surface area contributed by atoms with E-state index in [4.69, 9.17) is 9.84 Å². The van der Waals surface area contributed by atoms with Crippen LogP contribution in [-0.2, 0) is 9.53 Å². The predicted octanol–water partition coefficient (Wildman–Crippen LogP) is 0.891. The number of esters is 1. The van der Waals surface area contributed by atoms with Gasteiger partial charge in [-0.15, -0.1) is 0 Å². The minimum absolute atomic E-state index is 0.0427. The number of piperidine rings is 1. The lowest BCUT2D eigenvalue weighted by molar-refractivity contribution is -0.204. The third-order valence-corrected chi connectivity index (χ3v) is 2.29. The smallest absolute Gasteiger partial charge is 0.315 e. The highest BCUT2D eigenvalue weighted by molar-refractivity contribution is 5.74. The van der Waals surface area contributed by atoms with Gasteiger partial charge in [-0.25, -0.2) is 8.78 Å². The highest BCUT2D eigenvalue weighted by atomic mass is 19.3. The van der Waals surface area contributed by atoms with E-state index in [9.17, 15) is 13.6 Å². The van der Waals surface area contributed by atoms with Gasteiger partial charge >= 0.3 is 5.97 Å². The summed E-state index contributed by atoms with van der Waals surface area (Å²) in [6.07, 6.45) is -2.03. The van der Waals surface area contributed by atoms with Crippen LogP contribution in [0.15, 0.2) is 0 Å². The summed E-state index contributed by atoms with van der Waals surface area (Å²) in [7, 11) is 0. The van der Waals surface area contributed by atoms with Crippen LogP contribution in [0.4, 0.5) is 8.78 Å². The summed E-state index contributed by atoms with van der Waals surface area (Å²) >= 11 is 0. The van der Waals surface area contributed by atoms with Crippen LogP contribution in [0.5, 0.6) is 0 Å². The van der Waals surface area contributed by atoms with Crippen molar-refractivity contribution in [1.82, 2.24) is 5.32 Å². The van der Waals surface area contributed by atoms with E-state index in [-0.39, 0.29) is 13.0 Å². The lowest BCUT2D eigenvalue weighted by Crippen LogP contribution is -2.57. The van der Waals surface area contributed by atoms with Crippen molar-refractivity contribution in [3.63, 3.8) is 0 Å². The molecule has 0 aromatic rings. The number of hydrogen-bond acceptors (Lipinski definition) is 4. The average Bonchev–Trinajstić information content (AvgIpc) is 2.06. The molecule has 1 fully saturated rings. The van der Waals surface area contributed by atoms with Gasteiger partial charge in [-0.1, -0.05) is 0 Å². The van der Waals surface area contributed by atoms with Gasteiger partial charge in [0.2, 0.25) is 0 Å². The summed E-state index contributed by atoms with van der Waals surface area (Å²) in [6, 6.07) is 0. The van der Waals surface area contributed by atoms with Crippen LogP contribution in [0.3, 0.4) is 0 Å². The van der Waals surface area contributed by atoms with E-state index in [0.717, 1.165) is 0 Å². The second kappa shape index (κ2) is 4.25. The Labute approximate surface area is 93.0 Å². The first-order valence-electron chi connectivity index (χ1n) is 5.17. The van der Waals surface area contributed by atoms with Gasteiger partial charge in [0.15, 0.2) is 6.23 Å². The van der Waals surface area contributed by atoms with E-state index in [1.54, 1.807) is 20.8 Å². The molecule has 0 aromatic heterocycles. The van der Waals surface area contributed by atoms with Crippen molar-refractivity contribution < 1.29 is 23.4 Å². The number of carbonyl (C=O) groups is 1. The van der Waals surface area contributed by atoms with E-state index in [2.05, 4.69) is 5.32 Å². The maximum absolute atomic E-state index is 13.5. The molecule has 0 amide bonds. The van der Waals surface area contributed by atoms with Crippen molar-refractivity contribution >= 4 is 5.97 Å². The summed E-state index contributed by atoms with van der Waals surface area (Å²) in [5.74, 6) is -6.03. The van der Waals surface area contributed by atoms with Crippen LogP contribution in [0, 0.1) is 5.92 Å². The van der Waals surface area contributed by atoms with Gasteiger partial charge in [0.05, 0.1) is 0 Å². The van der Waals surface area contributed by atoms with Crippen molar-refractivity contribution in [2.75, 3.05) is 6.54 Å². The molecule has 2 N–H and O–H groups in total. The largest absolute Gasteiger partial charge is 0.460 e. The highest BCUT2D eigenvalue weighted by Gasteiger charge is 2.53. The molecule has 4 nitrogen and oxygen atoms in total. The minimum Gasteiger partial charge on any atom is -0.460 e. The zero-order chi connectivity index (χ0) is 12.6. The number of halogens is 2. The summed E-state index contributed by atoms with van der Waals surface area (Å²) in [5, 5.41) is 11.3. The van der Waals surface area contributed by atoms with E-state index < -0.39 is 29.6 Å². The number of hydrogen-bond donors (Lipinski definition) is 2. The molecule has 1 saturated heterocycles. The van der Waals surface area contributed by atoms with Crippen LogP contribution >= 0.6 is 0 Å². The number of rotatable bonds is 1. The second-order valence-corrected chi connectivity index (χ2v) is 4.91. The lowest BCUT2D eigenvalue weighted by atomic mass is 9.92. The third kappa shape index (κ3) is 2.89. The fourth-order valence-electron chi connectivity index (χ4n) is 1.53. The zero-order valence-electron chi connectivity index (χ0n) is 9.59. The molecular formula is C10H17F2NO3. The SMILES string of the molecule is CC(C)(C)OC(=O)C1CCNC(O)C1(F)F. The Morgan fingerprint density at radius 3 is 2.56 bits per heavy atom. The summed E-state index contributed by atoms with van der Waals surface area (Å²) < 4.78 is 31.9. The van der Waals surface area contributed by atoms with Crippen LogP contribution in [0.1, 0.15) is 27.2 Å². The van der Waals surface area contributed by atoms with E-state index >= 15 is 0 Å². The minimum atomic E-state index is -3.49. The quantitative estimate of drug-likeness (QED) is 0.665. The van der Waals surface area contributed by atoms with Crippen molar-refractivity contribution in [1.29, 1.82) is 0 Å². The van der Waals surface area contributed by atoms with Crippen molar-refractivity contribution in [3.8, 4) is 0 Å². The Bertz CT molecular complexity index is 276. The van der Waals surface area contributed by atoms with E-state index in [1.165, 1.54) is 0 Å². The average molecular weight is 237 g/mol. The van der Waals surface area contributed by atoms with Gasteiger partial charge in [0.25, 0.3) is 5.92 Å². The van der Waals surface area contributed by atoms with Gasteiger partial charge in [-0.3, -0.25) is 10.1 Å². The number of nitrogens with one attached hydrogen (secondary N) is 1. The molecule has 0 aliphatic carbocycles. The molecule has 94 valence electrons. The molecule has 2 unspecified atom stereocenters. The van der Waals surface area contributed by atoms with Crippen LogP contribution < -0.4 is 5.32 Å². The Kier molecular flexibility index (Phi) is 3.54. The second-order valence-electron chi connectivity index (χ2n) is 4.91.